The molecule has 1 aromatic carbocycles. The van der Waals surface area contributed by atoms with Crippen LogP contribution in [-0.4, -0.2) is 5.78 Å². The SMILES string of the molecule is CC(=O)c1ccc(F)cc1C(C)C. The van der Waals surface area contributed by atoms with Crippen molar-refractivity contribution < 1.29 is 9.18 Å². The number of benzene rings is 1. The van der Waals surface area contributed by atoms with Crippen LogP contribution in [0.3, 0.4) is 0 Å². The quantitative estimate of drug-likeness (QED) is 0.639. The number of hydrogen-bond donors (Lipinski definition) is 0. The third kappa shape index (κ3) is 2.14. The summed E-state index contributed by atoms with van der Waals surface area (Å²) in [4.78, 5) is 11.2. The van der Waals surface area contributed by atoms with E-state index in [1.807, 2.05) is 13.8 Å². The zero-order valence-electron chi connectivity index (χ0n) is 8.10. The fourth-order valence-electron chi connectivity index (χ4n) is 1.33. The Morgan fingerprint density at radius 2 is 2.00 bits per heavy atom. The summed E-state index contributed by atoms with van der Waals surface area (Å²) < 4.78 is 12.9. The van der Waals surface area contributed by atoms with Crippen molar-refractivity contribution in [3.63, 3.8) is 0 Å². The molecule has 2 heteroatoms. The van der Waals surface area contributed by atoms with E-state index >= 15 is 0 Å². The average Bonchev–Trinajstić information content (AvgIpc) is 2.03. The van der Waals surface area contributed by atoms with Gasteiger partial charge in [-0.2, -0.15) is 0 Å². The highest BCUT2D eigenvalue weighted by atomic mass is 19.1. The maximum atomic E-state index is 12.9. The fourth-order valence-corrected chi connectivity index (χ4v) is 1.33. The van der Waals surface area contributed by atoms with Crippen LogP contribution in [0.2, 0.25) is 0 Å². The van der Waals surface area contributed by atoms with Gasteiger partial charge in [-0.25, -0.2) is 4.39 Å². The lowest BCUT2D eigenvalue weighted by Crippen LogP contribution is -2.01. The van der Waals surface area contributed by atoms with Crippen molar-refractivity contribution in [3.8, 4) is 0 Å². The third-order valence-electron chi connectivity index (χ3n) is 2.01. The number of halogens is 1. The Bertz CT molecular complexity index is 329. The van der Waals surface area contributed by atoms with Crippen molar-refractivity contribution in [1.29, 1.82) is 0 Å². The van der Waals surface area contributed by atoms with Gasteiger partial charge in [0.15, 0.2) is 5.78 Å². The van der Waals surface area contributed by atoms with E-state index in [9.17, 15) is 9.18 Å². The van der Waals surface area contributed by atoms with E-state index in [1.165, 1.54) is 19.1 Å². The molecule has 0 unspecified atom stereocenters. The van der Waals surface area contributed by atoms with Crippen molar-refractivity contribution >= 4 is 5.78 Å². The first-order valence-electron chi connectivity index (χ1n) is 4.32. The molecule has 1 nitrogen and oxygen atoms in total. The number of rotatable bonds is 2. The van der Waals surface area contributed by atoms with Crippen molar-refractivity contribution in [2.75, 3.05) is 0 Å². The van der Waals surface area contributed by atoms with Gasteiger partial charge in [0.05, 0.1) is 0 Å². The van der Waals surface area contributed by atoms with Crippen molar-refractivity contribution in [1.82, 2.24) is 0 Å². The van der Waals surface area contributed by atoms with Crippen molar-refractivity contribution in [3.05, 3.63) is 35.1 Å². The molecule has 0 heterocycles. The Morgan fingerprint density at radius 1 is 1.38 bits per heavy atom. The minimum absolute atomic E-state index is 0.0105. The van der Waals surface area contributed by atoms with Gasteiger partial charge >= 0.3 is 0 Å². The van der Waals surface area contributed by atoms with Crippen LogP contribution in [-0.2, 0) is 0 Å². The first-order valence-corrected chi connectivity index (χ1v) is 4.32. The zero-order chi connectivity index (χ0) is 10.0. The molecule has 0 amide bonds. The number of carbonyl (C=O) groups excluding carboxylic acids is 1. The van der Waals surface area contributed by atoms with Gasteiger partial charge in [-0.15, -0.1) is 0 Å². The van der Waals surface area contributed by atoms with Crippen LogP contribution in [0.4, 0.5) is 4.39 Å². The molecule has 70 valence electrons. The first kappa shape index (κ1) is 9.90. The van der Waals surface area contributed by atoms with E-state index < -0.39 is 0 Å². The first-order chi connectivity index (χ1) is 6.02. The van der Waals surface area contributed by atoms with Crippen LogP contribution in [0.15, 0.2) is 18.2 Å². The number of hydrogen-bond acceptors (Lipinski definition) is 1. The van der Waals surface area contributed by atoms with Gasteiger partial charge in [0.2, 0.25) is 0 Å². The molecule has 0 atom stereocenters. The highest BCUT2D eigenvalue weighted by molar-refractivity contribution is 5.95. The molecule has 0 N–H and O–H groups in total. The lowest BCUT2D eigenvalue weighted by atomic mass is 9.95. The summed E-state index contributed by atoms with van der Waals surface area (Å²) in [6.07, 6.45) is 0. The molecule has 1 rings (SSSR count). The summed E-state index contributed by atoms with van der Waals surface area (Å²) >= 11 is 0. The fraction of sp³-hybridized carbons (Fsp3) is 0.364. The molecule has 0 aliphatic rings. The maximum Gasteiger partial charge on any atom is 0.160 e. The van der Waals surface area contributed by atoms with Gasteiger partial charge in [0.1, 0.15) is 5.82 Å². The van der Waals surface area contributed by atoms with Crippen LogP contribution < -0.4 is 0 Å². The second-order valence-electron chi connectivity index (χ2n) is 3.44. The van der Waals surface area contributed by atoms with Gasteiger partial charge in [0, 0.05) is 5.56 Å². The Hall–Kier alpha value is -1.18. The van der Waals surface area contributed by atoms with Gasteiger partial charge in [0.25, 0.3) is 0 Å². The molecular formula is C11H13FO. The molecule has 0 aliphatic heterocycles. The topological polar surface area (TPSA) is 17.1 Å². The van der Waals surface area contributed by atoms with Gasteiger partial charge in [-0.3, -0.25) is 4.79 Å². The number of ketones is 1. The summed E-state index contributed by atoms with van der Waals surface area (Å²) in [5.41, 5.74) is 1.41. The molecule has 0 spiro atoms. The average molecular weight is 180 g/mol. The predicted molar refractivity (Wildman–Crippen MR) is 50.5 cm³/mol. The van der Waals surface area contributed by atoms with E-state index in [-0.39, 0.29) is 17.5 Å². The summed E-state index contributed by atoms with van der Waals surface area (Å²) in [6.45, 7) is 5.39. The number of Topliss-reactive ketones (excluding diaryl/α,β-unsaturated/α-hetero) is 1. The normalized spacial score (nSPS) is 10.5. The van der Waals surface area contributed by atoms with Crippen LogP contribution >= 0.6 is 0 Å². The second-order valence-corrected chi connectivity index (χ2v) is 3.44. The van der Waals surface area contributed by atoms with Crippen molar-refractivity contribution in [2.24, 2.45) is 0 Å². The highest BCUT2D eigenvalue weighted by Crippen LogP contribution is 2.20. The monoisotopic (exact) mass is 180 g/mol. The smallest absolute Gasteiger partial charge is 0.160 e. The molecule has 1 aromatic rings. The molecule has 13 heavy (non-hydrogen) atoms. The Morgan fingerprint density at radius 3 is 2.46 bits per heavy atom. The highest BCUT2D eigenvalue weighted by Gasteiger charge is 2.10. The Labute approximate surface area is 77.6 Å². The van der Waals surface area contributed by atoms with Crippen LogP contribution in [0.1, 0.15) is 42.6 Å². The van der Waals surface area contributed by atoms with Gasteiger partial charge < -0.3 is 0 Å². The largest absolute Gasteiger partial charge is 0.295 e. The molecule has 0 fully saturated rings. The van der Waals surface area contributed by atoms with E-state index in [1.54, 1.807) is 6.07 Å². The lowest BCUT2D eigenvalue weighted by Gasteiger charge is -2.09. The predicted octanol–water partition coefficient (Wildman–Crippen LogP) is 3.15. The second kappa shape index (κ2) is 3.69. The van der Waals surface area contributed by atoms with E-state index in [0.29, 0.717) is 5.56 Å². The molecule has 0 radical (unpaired) electrons. The molecule has 0 saturated carbocycles. The van der Waals surface area contributed by atoms with Gasteiger partial charge in [-0.05, 0) is 36.6 Å². The Balaban J connectivity index is 3.26. The maximum absolute atomic E-state index is 12.9. The van der Waals surface area contributed by atoms with Crippen LogP contribution in [0.25, 0.3) is 0 Å². The summed E-state index contributed by atoms with van der Waals surface area (Å²) in [5, 5.41) is 0. The van der Waals surface area contributed by atoms with Gasteiger partial charge in [-0.1, -0.05) is 13.8 Å². The van der Waals surface area contributed by atoms with E-state index in [0.717, 1.165) is 5.56 Å². The molecule has 0 bridgehead atoms. The summed E-state index contributed by atoms with van der Waals surface area (Å²) in [6, 6.07) is 4.30. The molecular weight excluding hydrogens is 167 g/mol. The Kier molecular flexibility index (Phi) is 2.81. The lowest BCUT2D eigenvalue weighted by molar-refractivity contribution is 0.101. The van der Waals surface area contributed by atoms with E-state index in [4.69, 9.17) is 0 Å². The van der Waals surface area contributed by atoms with Crippen LogP contribution in [0, 0.1) is 5.82 Å². The standard InChI is InChI=1S/C11H13FO/c1-7(2)11-6-9(12)4-5-10(11)8(3)13/h4-7H,1-3H3. The summed E-state index contributed by atoms with van der Waals surface area (Å²) in [7, 11) is 0. The minimum atomic E-state index is -0.284. The minimum Gasteiger partial charge on any atom is -0.295 e. The molecule has 0 aromatic heterocycles. The van der Waals surface area contributed by atoms with Crippen molar-refractivity contribution in [2.45, 2.75) is 26.7 Å². The number of carbonyl (C=O) groups is 1. The summed E-state index contributed by atoms with van der Waals surface area (Å²) in [5.74, 6) is -0.119. The van der Waals surface area contributed by atoms with Crippen LogP contribution in [0.5, 0.6) is 0 Å². The third-order valence-corrected chi connectivity index (χ3v) is 2.01. The molecule has 0 aliphatic carbocycles. The molecule has 0 saturated heterocycles. The zero-order valence-corrected chi connectivity index (χ0v) is 8.10. The van der Waals surface area contributed by atoms with E-state index in [2.05, 4.69) is 0 Å².